The summed E-state index contributed by atoms with van der Waals surface area (Å²) in [4.78, 5) is 38.4. The molecule has 2 aromatic rings. The highest BCUT2D eigenvalue weighted by molar-refractivity contribution is 6.20. The third-order valence-corrected chi connectivity index (χ3v) is 4.28. The molecule has 2 aromatic carbocycles. The van der Waals surface area contributed by atoms with Crippen molar-refractivity contribution in [3.8, 4) is 11.8 Å². The average Bonchev–Trinajstić information content (AvgIpc) is 2.93. The summed E-state index contributed by atoms with van der Waals surface area (Å²) in [6.45, 7) is 5.19. The van der Waals surface area contributed by atoms with Crippen LogP contribution in [0.25, 0.3) is 0 Å². The van der Waals surface area contributed by atoms with Gasteiger partial charge < -0.3 is 4.74 Å². The maximum atomic E-state index is 13.1. The van der Waals surface area contributed by atoms with Crippen molar-refractivity contribution >= 4 is 17.5 Å². The Kier molecular flexibility index (Phi) is 4.72. The number of benzene rings is 2. The maximum absolute atomic E-state index is 13.1. The highest BCUT2D eigenvalue weighted by Gasteiger charge is 2.52. The van der Waals surface area contributed by atoms with E-state index in [1.807, 2.05) is 0 Å². The second kappa shape index (κ2) is 6.85. The monoisotopic (exact) mass is 360 g/mol. The highest BCUT2D eigenvalue weighted by Crippen LogP contribution is 2.38. The maximum Gasteiger partial charge on any atom is 0.333 e. The first kappa shape index (κ1) is 18.6. The molecule has 0 radical (unpaired) electrons. The molecule has 0 heterocycles. The van der Waals surface area contributed by atoms with Gasteiger partial charge in [-0.15, -0.1) is 0 Å². The number of ether oxygens (including phenoxy) is 1. The van der Waals surface area contributed by atoms with Crippen molar-refractivity contribution in [2.75, 3.05) is 0 Å². The number of hydrogen-bond donors (Lipinski definition) is 0. The number of esters is 1. The summed E-state index contributed by atoms with van der Waals surface area (Å²) in [5, 5.41) is 0. The summed E-state index contributed by atoms with van der Waals surface area (Å²) in [5.74, 6) is 3.62. The van der Waals surface area contributed by atoms with E-state index in [9.17, 15) is 14.4 Å². The minimum absolute atomic E-state index is 0.103. The van der Waals surface area contributed by atoms with Crippen LogP contribution in [0.2, 0.25) is 0 Å². The molecule has 4 nitrogen and oxygen atoms in total. The van der Waals surface area contributed by atoms with Crippen LogP contribution < -0.4 is 0 Å². The first-order valence-corrected chi connectivity index (χ1v) is 8.72. The van der Waals surface area contributed by atoms with Crippen LogP contribution >= 0.6 is 0 Å². The Morgan fingerprint density at radius 1 is 1.00 bits per heavy atom. The van der Waals surface area contributed by atoms with Crippen LogP contribution in [0, 0.1) is 17.3 Å². The molecule has 1 atom stereocenters. The molecule has 3 rings (SSSR count). The topological polar surface area (TPSA) is 60.4 Å². The van der Waals surface area contributed by atoms with Gasteiger partial charge >= 0.3 is 5.97 Å². The van der Waals surface area contributed by atoms with E-state index >= 15 is 0 Å². The number of carbonyl (C=O) groups excluding carboxylic acids is 3. The quantitative estimate of drug-likeness (QED) is 0.270. The van der Waals surface area contributed by atoms with E-state index in [2.05, 4.69) is 11.8 Å². The van der Waals surface area contributed by atoms with Gasteiger partial charge in [0.15, 0.2) is 11.2 Å². The van der Waals surface area contributed by atoms with Crippen molar-refractivity contribution in [3.63, 3.8) is 0 Å². The van der Waals surface area contributed by atoms with E-state index in [1.165, 1.54) is 0 Å². The first-order chi connectivity index (χ1) is 12.7. The third-order valence-electron chi connectivity index (χ3n) is 4.28. The van der Waals surface area contributed by atoms with E-state index in [-0.39, 0.29) is 6.42 Å². The van der Waals surface area contributed by atoms with Crippen molar-refractivity contribution in [3.05, 3.63) is 71.3 Å². The van der Waals surface area contributed by atoms with Crippen LogP contribution in [0.15, 0.2) is 54.6 Å². The molecule has 0 saturated heterocycles. The molecule has 4 heteroatoms. The Labute approximate surface area is 158 Å². The zero-order valence-corrected chi connectivity index (χ0v) is 15.5. The van der Waals surface area contributed by atoms with Crippen LogP contribution in [0.1, 0.15) is 47.1 Å². The van der Waals surface area contributed by atoms with E-state index in [1.54, 1.807) is 75.4 Å². The lowest BCUT2D eigenvalue weighted by Crippen LogP contribution is -2.41. The number of carbonyl (C=O) groups is 3. The molecule has 0 saturated carbocycles. The van der Waals surface area contributed by atoms with Crippen molar-refractivity contribution in [1.29, 1.82) is 0 Å². The Hall–Kier alpha value is -3.19. The molecule has 1 aliphatic carbocycles. The standard InChI is InChI=1S/C23H20O4/c1-22(2,3)27-21(26)23(14-13-19(24)16-9-5-4-6-10-16)15-17-11-7-8-12-18(17)20(23)25/h4-12H,15H2,1-3H3. The molecule has 0 bridgehead atoms. The molecule has 1 unspecified atom stereocenters. The van der Waals surface area contributed by atoms with Crippen LogP contribution in [0.5, 0.6) is 0 Å². The second-order valence-corrected chi connectivity index (χ2v) is 7.52. The Morgan fingerprint density at radius 2 is 1.63 bits per heavy atom. The van der Waals surface area contributed by atoms with Gasteiger partial charge in [0.1, 0.15) is 5.60 Å². The van der Waals surface area contributed by atoms with Gasteiger partial charge in [-0.3, -0.25) is 9.59 Å². The molecule has 0 aliphatic heterocycles. The molecule has 0 fully saturated rings. The summed E-state index contributed by atoms with van der Waals surface area (Å²) in [5.41, 5.74) is -0.877. The van der Waals surface area contributed by atoms with E-state index in [0.29, 0.717) is 11.1 Å². The van der Waals surface area contributed by atoms with E-state index in [0.717, 1.165) is 5.56 Å². The smallest absolute Gasteiger partial charge is 0.333 e. The van der Waals surface area contributed by atoms with Gasteiger partial charge in [-0.25, -0.2) is 4.79 Å². The summed E-state index contributed by atoms with van der Waals surface area (Å²) in [7, 11) is 0. The van der Waals surface area contributed by atoms with Crippen LogP contribution in [-0.4, -0.2) is 23.1 Å². The summed E-state index contributed by atoms with van der Waals surface area (Å²) >= 11 is 0. The molecule has 136 valence electrons. The second-order valence-electron chi connectivity index (χ2n) is 7.52. The Balaban J connectivity index is 2.03. The van der Waals surface area contributed by atoms with Gasteiger partial charge in [0.25, 0.3) is 0 Å². The van der Waals surface area contributed by atoms with Crippen LogP contribution in [0.3, 0.4) is 0 Å². The Bertz CT molecular complexity index is 971. The molecule has 1 aliphatic rings. The van der Waals surface area contributed by atoms with Crippen molar-refractivity contribution in [2.24, 2.45) is 5.41 Å². The molecule has 0 N–H and O–H groups in total. The predicted octanol–water partition coefficient (Wildman–Crippen LogP) is 3.64. The minimum Gasteiger partial charge on any atom is -0.458 e. The number of hydrogen-bond acceptors (Lipinski definition) is 4. The third kappa shape index (κ3) is 3.68. The first-order valence-electron chi connectivity index (χ1n) is 8.72. The highest BCUT2D eigenvalue weighted by atomic mass is 16.6. The zero-order chi connectivity index (χ0) is 19.7. The SMILES string of the molecule is CC(C)(C)OC(=O)C1(C#CC(=O)c2ccccc2)Cc2ccccc2C1=O. The summed E-state index contributed by atoms with van der Waals surface area (Å²) in [6.07, 6.45) is 0.103. The predicted molar refractivity (Wildman–Crippen MR) is 101 cm³/mol. The number of Topliss-reactive ketones (excluding diaryl/α,β-unsaturated/α-hetero) is 2. The zero-order valence-electron chi connectivity index (χ0n) is 15.5. The summed E-state index contributed by atoms with van der Waals surface area (Å²) < 4.78 is 5.49. The van der Waals surface area contributed by atoms with Crippen LogP contribution in [-0.2, 0) is 16.0 Å². The van der Waals surface area contributed by atoms with Crippen molar-refractivity contribution < 1.29 is 19.1 Å². The van der Waals surface area contributed by atoms with Gasteiger partial charge in [-0.2, -0.15) is 0 Å². The summed E-state index contributed by atoms with van der Waals surface area (Å²) in [6, 6.07) is 15.5. The van der Waals surface area contributed by atoms with Crippen molar-refractivity contribution in [2.45, 2.75) is 32.8 Å². The number of ketones is 2. The fraction of sp³-hybridized carbons (Fsp3) is 0.261. The van der Waals surface area contributed by atoms with Gasteiger partial charge in [-0.1, -0.05) is 60.5 Å². The largest absolute Gasteiger partial charge is 0.458 e. The van der Waals surface area contributed by atoms with Gasteiger partial charge in [0.05, 0.1) is 0 Å². The fourth-order valence-electron chi connectivity index (χ4n) is 3.00. The van der Waals surface area contributed by atoms with Crippen LogP contribution in [0.4, 0.5) is 0 Å². The fourth-order valence-corrected chi connectivity index (χ4v) is 3.00. The molecule has 0 spiro atoms. The van der Waals surface area contributed by atoms with Gasteiger partial charge in [0.2, 0.25) is 5.78 Å². The normalized spacial score (nSPS) is 18.3. The lowest BCUT2D eigenvalue weighted by atomic mass is 9.83. The lowest BCUT2D eigenvalue weighted by Gasteiger charge is -2.26. The van der Waals surface area contributed by atoms with Gasteiger partial charge in [0, 0.05) is 17.5 Å². The van der Waals surface area contributed by atoms with E-state index in [4.69, 9.17) is 4.74 Å². The van der Waals surface area contributed by atoms with Gasteiger partial charge in [-0.05, 0) is 32.3 Å². The molecule has 27 heavy (non-hydrogen) atoms. The van der Waals surface area contributed by atoms with Crippen molar-refractivity contribution in [1.82, 2.24) is 0 Å². The molecular formula is C23H20O4. The number of fused-ring (bicyclic) bond motifs is 1. The number of rotatable bonds is 2. The lowest BCUT2D eigenvalue weighted by molar-refractivity contribution is -0.161. The minimum atomic E-state index is -1.69. The Morgan fingerprint density at radius 3 is 2.26 bits per heavy atom. The molecule has 0 amide bonds. The molecule has 0 aromatic heterocycles. The van der Waals surface area contributed by atoms with E-state index < -0.39 is 28.6 Å². The average molecular weight is 360 g/mol. The molecular weight excluding hydrogens is 340 g/mol.